The fourth-order valence-electron chi connectivity index (χ4n) is 3.31. The van der Waals surface area contributed by atoms with Crippen molar-refractivity contribution in [1.29, 1.82) is 0 Å². The van der Waals surface area contributed by atoms with E-state index in [-0.39, 0.29) is 19.0 Å². The zero-order chi connectivity index (χ0) is 26.2. The van der Waals surface area contributed by atoms with Gasteiger partial charge in [-0.25, -0.2) is 8.78 Å². The number of anilines is 1. The molecule has 8 nitrogen and oxygen atoms in total. The summed E-state index contributed by atoms with van der Waals surface area (Å²) in [5, 5.41) is 12.1. The molecule has 37 heavy (non-hydrogen) atoms. The number of hydrogen-bond acceptors (Lipinski definition) is 8. The van der Waals surface area contributed by atoms with Crippen molar-refractivity contribution in [3.63, 3.8) is 0 Å². The van der Waals surface area contributed by atoms with Crippen LogP contribution in [-0.4, -0.2) is 47.7 Å². The molecule has 5 rings (SSSR count). The topological polar surface area (TPSA) is 103 Å². The predicted octanol–water partition coefficient (Wildman–Crippen LogP) is 5.15. The van der Waals surface area contributed by atoms with Gasteiger partial charge >= 0.3 is 0 Å². The summed E-state index contributed by atoms with van der Waals surface area (Å²) < 4.78 is 44.5. The zero-order valence-corrected chi connectivity index (χ0v) is 20.0. The van der Waals surface area contributed by atoms with Gasteiger partial charge in [-0.05, 0) is 37.1 Å². The number of aromatic nitrogens is 2. The zero-order valence-electron chi connectivity index (χ0n) is 20.0. The molecule has 2 aromatic heterocycles. The Labute approximate surface area is 211 Å². The van der Waals surface area contributed by atoms with Gasteiger partial charge in [-0.15, -0.1) is 0 Å². The minimum Gasteiger partial charge on any atom is -0.491 e. The number of aliphatic hydroxyl groups excluding tert-OH is 1. The number of halogens is 2. The Bertz CT molecular complexity index is 1360. The predicted molar refractivity (Wildman–Crippen MR) is 134 cm³/mol. The van der Waals surface area contributed by atoms with E-state index in [0.717, 1.165) is 31.3 Å². The number of hydrogen-bond donors (Lipinski definition) is 2. The number of aliphatic hydroxyl groups is 1. The van der Waals surface area contributed by atoms with Crippen LogP contribution < -0.4 is 19.5 Å². The van der Waals surface area contributed by atoms with Crippen molar-refractivity contribution in [2.24, 2.45) is 0 Å². The highest BCUT2D eigenvalue weighted by molar-refractivity contribution is 5.86. The molecule has 192 valence electrons. The van der Waals surface area contributed by atoms with Crippen LogP contribution in [0.15, 0.2) is 61.1 Å². The third-order valence-corrected chi connectivity index (χ3v) is 5.29. The molecule has 1 saturated carbocycles. The van der Waals surface area contributed by atoms with E-state index in [9.17, 15) is 13.6 Å². The number of carbonyl (C=O) groups is 1. The highest BCUT2D eigenvalue weighted by atomic mass is 19.1. The molecule has 2 N–H and O–H groups in total. The standard InChI is InChI=1S/C18H16F2N2O3.C9H9NO2/c1-21-11-8-14(19)18(15(20)9-11)25-17-4-5-22-16-10-12(24-7-6-23)2-3-13(16)17;11-6-7-5-10-4-3-9(7)12-8-1-2-8/h2-5,8-10,21,23H,6-7H2,1H3;3-6,8H,1-2H2. The second kappa shape index (κ2) is 12.1. The fourth-order valence-corrected chi connectivity index (χ4v) is 3.31. The van der Waals surface area contributed by atoms with Gasteiger partial charge in [0.1, 0.15) is 23.9 Å². The Balaban J connectivity index is 0.000000222. The molecule has 0 atom stereocenters. The number of rotatable bonds is 9. The molecule has 10 heteroatoms. The Morgan fingerprint density at radius 3 is 2.51 bits per heavy atom. The monoisotopic (exact) mass is 509 g/mol. The maximum atomic E-state index is 14.1. The van der Waals surface area contributed by atoms with E-state index in [1.807, 2.05) is 0 Å². The first-order chi connectivity index (χ1) is 18.0. The van der Waals surface area contributed by atoms with Gasteiger partial charge in [-0.1, -0.05) is 0 Å². The van der Waals surface area contributed by atoms with Crippen molar-refractivity contribution in [2.75, 3.05) is 25.6 Å². The van der Waals surface area contributed by atoms with Crippen molar-refractivity contribution in [1.82, 2.24) is 9.97 Å². The van der Waals surface area contributed by atoms with E-state index in [4.69, 9.17) is 19.3 Å². The van der Waals surface area contributed by atoms with Gasteiger partial charge in [-0.2, -0.15) is 0 Å². The Hall–Kier alpha value is -4.31. The van der Waals surface area contributed by atoms with E-state index in [0.29, 0.717) is 39.8 Å². The first-order valence-electron chi connectivity index (χ1n) is 11.5. The van der Waals surface area contributed by atoms with Crippen LogP contribution in [0.2, 0.25) is 0 Å². The van der Waals surface area contributed by atoms with E-state index < -0.39 is 17.4 Å². The summed E-state index contributed by atoms with van der Waals surface area (Å²) in [6.45, 7) is 0.0612. The van der Waals surface area contributed by atoms with Crippen molar-refractivity contribution in [2.45, 2.75) is 18.9 Å². The maximum Gasteiger partial charge on any atom is 0.198 e. The van der Waals surface area contributed by atoms with Crippen LogP contribution in [0.25, 0.3) is 10.9 Å². The van der Waals surface area contributed by atoms with Crippen molar-refractivity contribution >= 4 is 22.9 Å². The Morgan fingerprint density at radius 1 is 1.08 bits per heavy atom. The lowest BCUT2D eigenvalue weighted by atomic mass is 10.2. The molecule has 0 amide bonds. The van der Waals surface area contributed by atoms with Crippen molar-refractivity contribution in [3.05, 3.63) is 78.3 Å². The van der Waals surface area contributed by atoms with Crippen LogP contribution in [0.5, 0.6) is 23.0 Å². The lowest BCUT2D eigenvalue weighted by Crippen LogP contribution is -2.01. The summed E-state index contributed by atoms with van der Waals surface area (Å²) >= 11 is 0. The molecule has 0 aliphatic heterocycles. The average Bonchev–Trinajstić information content (AvgIpc) is 3.74. The summed E-state index contributed by atoms with van der Waals surface area (Å²) in [5.74, 6) is -0.639. The third-order valence-electron chi connectivity index (χ3n) is 5.29. The number of fused-ring (bicyclic) bond motifs is 1. The van der Waals surface area contributed by atoms with Crippen LogP contribution in [0, 0.1) is 11.6 Å². The molecular weight excluding hydrogens is 484 g/mol. The van der Waals surface area contributed by atoms with Crippen molar-refractivity contribution in [3.8, 4) is 23.0 Å². The Kier molecular flexibility index (Phi) is 8.42. The van der Waals surface area contributed by atoms with Crippen molar-refractivity contribution < 1.29 is 32.9 Å². The largest absolute Gasteiger partial charge is 0.491 e. The molecule has 0 saturated heterocycles. The summed E-state index contributed by atoms with van der Waals surface area (Å²) in [5.41, 5.74) is 1.39. The average molecular weight is 510 g/mol. The first-order valence-corrected chi connectivity index (χ1v) is 11.5. The lowest BCUT2D eigenvalue weighted by Gasteiger charge is -2.12. The van der Waals surface area contributed by atoms with E-state index in [2.05, 4.69) is 15.3 Å². The molecule has 2 heterocycles. The maximum absolute atomic E-state index is 14.1. The lowest BCUT2D eigenvalue weighted by molar-refractivity contribution is 0.111. The number of aldehydes is 1. The highest BCUT2D eigenvalue weighted by Crippen LogP contribution is 2.34. The molecule has 1 fully saturated rings. The normalized spacial score (nSPS) is 12.3. The number of nitrogens with one attached hydrogen (secondary N) is 1. The number of ether oxygens (including phenoxy) is 3. The molecule has 0 unspecified atom stereocenters. The number of pyridine rings is 2. The van der Waals surface area contributed by atoms with Gasteiger partial charge in [0.2, 0.25) is 0 Å². The first kappa shape index (κ1) is 25.8. The third kappa shape index (κ3) is 6.68. The SMILES string of the molecule is CNc1cc(F)c(Oc2ccnc3cc(OCCO)ccc23)c(F)c1.O=Cc1cnccc1OC1CC1. The van der Waals surface area contributed by atoms with Gasteiger partial charge in [0.05, 0.1) is 23.8 Å². The van der Waals surface area contributed by atoms with E-state index >= 15 is 0 Å². The highest BCUT2D eigenvalue weighted by Gasteiger charge is 2.24. The van der Waals surface area contributed by atoms with Crippen LogP contribution in [0.4, 0.5) is 14.5 Å². The smallest absolute Gasteiger partial charge is 0.198 e. The molecule has 1 aliphatic carbocycles. The second-order valence-corrected chi connectivity index (χ2v) is 8.03. The van der Waals surface area contributed by atoms with Gasteiger partial charge in [0.25, 0.3) is 0 Å². The summed E-state index contributed by atoms with van der Waals surface area (Å²) in [6, 6.07) is 10.6. The molecule has 1 aliphatic rings. The second-order valence-electron chi connectivity index (χ2n) is 8.03. The van der Waals surface area contributed by atoms with E-state index in [1.165, 1.54) is 18.5 Å². The number of nitrogens with zero attached hydrogens (tertiary/aromatic N) is 2. The van der Waals surface area contributed by atoms with Gasteiger partial charge in [-0.3, -0.25) is 14.8 Å². The van der Waals surface area contributed by atoms with Gasteiger partial charge < -0.3 is 24.6 Å². The van der Waals surface area contributed by atoms with Crippen LogP contribution in [0.3, 0.4) is 0 Å². The summed E-state index contributed by atoms with van der Waals surface area (Å²) in [7, 11) is 1.57. The molecule has 2 aromatic carbocycles. The number of benzene rings is 2. The van der Waals surface area contributed by atoms with Gasteiger partial charge in [0.15, 0.2) is 23.7 Å². The number of carbonyl (C=O) groups excluding carboxylic acids is 1. The minimum atomic E-state index is -0.808. The van der Waals surface area contributed by atoms with Crippen LogP contribution in [0.1, 0.15) is 23.2 Å². The molecule has 0 radical (unpaired) electrons. The summed E-state index contributed by atoms with van der Waals surface area (Å²) in [4.78, 5) is 18.5. The van der Waals surface area contributed by atoms with E-state index in [1.54, 1.807) is 37.5 Å². The van der Waals surface area contributed by atoms with Crippen LogP contribution in [-0.2, 0) is 0 Å². The van der Waals surface area contributed by atoms with Crippen LogP contribution >= 0.6 is 0 Å². The quantitative estimate of drug-likeness (QED) is 0.299. The minimum absolute atomic E-state index is 0.101. The van der Waals surface area contributed by atoms with Gasteiger partial charge in [0, 0.05) is 54.9 Å². The molecule has 4 aromatic rings. The molecule has 0 bridgehead atoms. The molecule has 0 spiro atoms. The molecular formula is C27H25F2N3O5. The summed E-state index contributed by atoms with van der Waals surface area (Å²) in [6.07, 6.45) is 7.92. The fraction of sp³-hybridized carbons (Fsp3) is 0.222. The Morgan fingerprint density at radius 2 is 1.84 bits per heavy atom.